The molecule has 0 saturated carbocycles. The lowest BCUT2D eigenvalue weighted by Crippen LogP contribution is -2.53. The molecule has 0 spiro atoms. The molecule has 2 aromatic heterocycles. The van der Waals surface area contributed by atoms with Gasteiger partial charge < -0.3 is 30.2 Å². The summed E-state index contributed by atoms with van der Waals surface area (Å²) in [5.74, 6) is -2.06. The SMILES string of the molecule is [B]C1(O)OCC2O[C@@H](n3c(Br)nc4c(N)ncnc43)[C@@H](O)C2O1. The molecule has 4 heterocycles. The third-order valence-corrected chi connectivity index (χ3v) is 4.34. The van der Waals surface area contributed by atoms with Crippen LogP contribution in [-0.2, 0) is 14.2 Å². The van der Waals surface area contributed by atoms with E-state index in [4.69, 9.17) is 27.8 Å². The van der Waals surface area contributed by atoms with Gasteiger partial charge >= 0.3 is 0 Å². The van der Waals surface area contributed by atoms with E-state index in [0.717, 1.165) is 0 Å². The molecule has 3 unspecified atom stereocenters. The smallest absolute Gasteiger partial charge is 0.220 e. The zero-order valence-corrected chi connectivity index (χ0v) is 13.1. The lowest BCUT2D eigenvalue weighted by Gasteiger charge is -2.36. The van der Waals surface area contributed by atoms with Gasteiger partial charge in [-0.1, -0.05) is 0 Å². The van der Waals surface area contributed by atoms with Crippen LogP contribution in [0.25, 0.3) is 11.2 Å². The monoisotopic (exact) mass is 383 g/mol. The number of ether oxygens (including phenoxy) is 3. The van der Waals surface area contributed by atoms with Gasteiger partial charge in [0.05, 0.1) is 6.61 Å². The maximum Gasteiger partial charge on any atom is 0.220 e. The molecule has 2 fully saturated rings. The van der Waals surface area contributed by atoms with Crippen LogP contribution in [0.4, 0.5) is 5.82 Å². The Morgan fingerprint density at radius 2 is 2.26 bits per heavy atom. The molecule has 120 valence electrons. The Hall–Kier alpha value is -1.31. The highest BCUT2D eigenvalue weighted by atomic mass is 79.9. The second kappa shape index (κ2) is 5.09. The number of imidazole rings is 1. The standard InChI is InChI=1S/C11H11BBrN5O5/c12-11(20)21-1-3-6(23-11)5(19)9(22-3)18-8-4(17-10(18)13)7(14)15-2-16-8/h2-3,5-6,9,19-20H,1H2,(H2,14,15,16)/t3?,5-,6?,9+,11?/m0/s1. The van der Waals surface area contributed by atoms with Crippen molar-refractivity contribution in [3.63, 3.8) is 0 Å². The summed E-state index contributed by atoms with van der Waals surface area (Å²) in [6, 6.07) is 0. The van der Waals surface area contributed by atoms with Crippen LogP contribution in [-0.4, -0.2) is 68.4 Å². The van der Waals surface area contributed by atoms with Crippen LogP contribution in [0.3, 0.4) is 0 Å². The van der Waals surface area contributed by atoms with E-state index in [-0.39, 0.29) is 12.4 Å². The predicted octanol–water partition coefficient (Wildman–Crippen LogP) is -1.38. The lowest BCUT2D eigenvalue weighted by atomic mass is 10.0. The molecule has 0 aromatic carbocycles. The molecule has 4 rings (SSSR count). The first-order chi connectivity index (χ1) is 10.9. The van der Waals surface area contributed by atoms with E-state index in [1.54, 1.807) is 0 Å². The highest BCUT2D eigenvalue weighted by Gasteiger charge is 2.52. The highest BCUT2D eigenvalue weighted by Crippen LogP contribution is 2.39. The summed E-state index contributed by atoms with van der Waals surface area (Å²) in [6.07, 6.45) is -2.20. The molecule has 0 amide bonds. The zero-order valence-electron chi connectivity index (χ0n) is 11.5. The average Bonchev–Trinajstić information content (AvgIpc) is 2.97. The molecule has 10 nitrogen and oxygen atoms in total. The summed E-state index contributed by atoms with van der Waals surface area (Å²) in [5.41, 5.74) is 6.54. The number of aliphatic hydroxyl groups excluding tert-OH is 1. The van der Waals surface area contributed by atoms with Gasteiger partial charge in [0.25, 0.3) is 0 Å². The van der Waals surface area contributed by atoms with Crippen LogP contribution >= 0.6 is 15.9 Å². The molecule has 4 N–H and O–H groups in total. The van der Waals surface area contributed by atoms with E-state index in [2.05, 4.69) is 30.9 Å². The number of aromatic nitrogens is 4. The van der Waals surface area contributed by atoms with Crippen molar-refractivity contribution in [3.8, 4) is 0 Å². The quantitative estimate of drug-likeness (QED) is 0.401. The van der Waals surface area contributed by atoms with Crippen molar-refractivity contribution >= 4 is 40.8 Å². The second-order valence-electron chi connectivity index (χ2n) is 5.26. The Morgan fingerprint density at radius 1 is 1.48 bits per heavy atom. The van der Waals surface area contributed by atoms with Gasteiger partial charge in [0, 0.05) is 0 Å². The number of aliphatic hydroxyl groups is 2. The Bertz CT molecular complexity index is 773. The molecule has 2 aromatic rings. The fraction of sp³-hybridized carbons (Fsp3) is 0.545. The first kappa shape index (κ1) is 15.2. The van der Waals surface area contributed by atoms with Gasteiger partial charge in [-0.05, 0) is 15.9 Å². The number of fused-ring (bicyclic) bond motifs is 2. The third-order valence-electron chi connectivity index (χ3n) is 3.79. The Kier molecular flexibility index (Phi) is 3.37. The van der Waals surface area contributed by atoms with Crippen LogP contribution in [0.1, 0.15) is 6.23 Å². The molecule has 0 bridgehead atoms. The maximum atomic E-state index is 10.5. The van der Waals surface area contributed by atoms with Gasteiger partial charge in [-0.2, -0.15) is 0 Å². The summed E-state index contributed by atoms with van der Waals surface area (Å²) in [5, 5.41) is 20.1. The van der Waals surface area contributed by atoms with Crippen LogP contribution in [0, 0.1) is 0 Å². The Balaban J connectivity index is 1.75. The summed E-state index contributed by atoms with van der Waals surface area (Å²) in [6.45, 7) is -0.0351. The van der Waals surface area contributed by atoms with Crippen LogP contribution < -0.4 is 5.73 Å². The molecule has 23 heavy (non-hydrogen) atoms. The van der Waals surface area contributed by atoms with Crippen molar-refractivity contribution in [1.82, 2.24) is 19.5 Å². The summed E-state index contributed by atoms with van der Waals surface area (Å²) >= 11 is 3.29. The molecule has 2 radical (unpaired) electrons. The van der Waals surface area contributed by atoms with E-state index < -0.39 is 30.4 Å². The number of anilines is 1. The van der Waals surface area contributed by atoms with Crippen molar-refractivity contribution in [2.45, 2.75) is 30.4 Å². The molecule has 2 saturated heterocycles. The van der Waals surface area contributed by atoms with Gasteiger partial charge in [-0.15, -0.1) is 0 Å². The fourth-order valence-electron chi connectivity index (χ4n) is 2.77. The predicted molar refractivity (Wildman–Crippen MR) is 78.9 cm³/mol. The Labute approximate surface area is 139 Å². The first-order valence-electron chi connectivity index (χ1n) is 6.68. The third kappa shape index (κ3) is 2.33. The van der Waals surface area contributed by atoms with E-state index in [9.17, 15) is 10.2 Å². The van der Waals surface area contributed by atoms with E-state index >= 15 is 0 Å². The molecule has 2 aliphatic heterocycles. The number of halogens is 1. The summed E-state index contributed by atoms with van der Waals surface area (Å²) < 4.78 is 17.7. The molecular formula is C11H11BBrN5O5. The van der Waals surface area contributed by atoms with Crippen molar-refractivity contribution < 1.29 is 24.4 Å². The molecule has 2 aliphatic rings. The number of rotatable bonds is 1. The minimum atomic E-state index is -2.26. The van der Waals surface area contributed by atoms with E-state index in [1.165, 1.54) is 10.9 Å². The molecular weight excluding hydrogens is 373 g/mol. The van der Waals surface area contributed by atoms with E-state index in [0.29, 0.717) is 15.9 Å². The largest absolute Gasteiger partial charge is 0.386 e. The zero-order chi connectivity index (χ0) is 16.4. The minimum absolute atomic E-state index is 0.0351. The minimum Gasteiger partial charge on any atom is -0.386 e. The fourth-order valence-corrected chi connectivity index (χ4v) is 3.32. The van der Waals surface area contributed by atoms with Gasteiger partial charge in [0.15, 0.2) is 35.8 Å². The van der Waals surface area contributed by atoms with Gasteiger partial charge in [0.1, 0.15) is 24.6 Å². The van der Waals surface area contributed by atoms with Gasteiger partial charge in [-0.3, -0.25) is 4.57 Å². The number of hydrogen-bond acceptors (Lipinski definition) is 9. The van der Waals surface area contributed by atoms with E-state index in [1.807, 2.05) is 0 Å². The number of hydrogen-bond donors (Lipinski definition) is 3. The van der Waals surface area contributed by atoms with Crippen LogP contribution in [0.2, 0.25) is 0 Å². The summed E-state index contributed by atoms with van der Waals surface area (Å²) in [7, 11) is 5.38. The van der Waals surface area contributed by atoms with Crippen molar-refractivity contribution in [3.05, 3.63) is 11.1 Å². The normalized spacial score (nSPS) is 37.2. The van der Waals surface area contributed by atoms with Gasteiger partial charge in [0.2, 0.25) is 5.87 Å². The number of nitrogens with two attached hydrogens (primary N) is 1. The van der Waals surface area contributed by atoms with Gasteiger partial charge in [-0.25, -0.2) is 15.0 Å². The van der Waals surface area contributed by atoms with Crippen LogP contribution in [0.15, 0.2) is 11.1 Å². The number of nitrogens with zero attached hydrogens (tertiary/aromatic N) is 4. The lowest BCUT2D eigenvalue weighted by molar-refractivity contribution is -0.364. The Morgan fingerprint density at radius 3 is 3.04 bits per heavy atom. The summed E-state index contributed by atoms with van der Waals surface area (Å²) in [4.78, 5) is 12.2. The van der Waals surface area contributed by atoms with Crippen molar-refractivity contribution in [2.24, 2.45) is 0 Å². The maximum absolute atomic E-state index is 10.5. The topological polar surface area (TPSA) is 138 Å². The van der Waals surface area contributed by atoms with Crippen molar-refractivity contribution in [2.75, 3.05) is 12.3 Å². The van der Waals surface area contributed by atoms with Crippen LogP contribution in [0.5, 0.6) is 0 Å². The number of nitrogen functional groups attached to an aromatic ring is 1. The van der Waals surface area contributed by atoms with Crippen molar-refractivity contribution in [1.29, 1.82) is 0 Å². The first-order valence-corrected chi connectivity index (χ1v) is 7.47. The molecule has 0 aliphatic carbocycles. The second-order valence-corrected chi connectivity index (χ2v) is 5.97. The molecule has 5 atom stereocenters. The highest BCUT2D eigenvalue weighted by molar-refractivity contribution is 9.10. The average molecular weight is 384 g/mol. The molecule has 12 heteroatoms.